The lowest BCUT2D eigenvalue weighted by Crippen LogP contribution is -1.98. The van der Waals surface area contributed by atoms with Crippen LogP contribution in [0.1, 0.15) is 18.9 Å². The van der Waals surface area contributed by atoms with Crippen molar-refractivity contribution < 1.29 is 10.2 Å². The number of aliphatic hydroxyl groups excluding tert-OH is 1. The lowest BCUT2D eigenvalue weighted by Gasteiger charge is -2.17. The van der Waals surface area contributed by atoms with Gasteiger partial charge in [-0.05, 0) is 35.4 Å². The quantitative estimate of drug-likeness (QED) is 0.790. The van der Waals surface area contributed by atoms with E-state index in [2.05, 4.69) is 0 Å². The summed E-state index contributed by atoms with van der Waals surface area (Å²) in [7, 11) is 0. The van der Waals surface area contributed by atoms with Crippen molar-refractivity contribution in [3.8, 4) is 5.75 Å². The molecule has 2 aromatic carbocycles. The second kappa shape index (κ2) is 5.94. The summed E-state index contributed by atoms with van der Waals surface area (Å²) < 4.78 is 0. The van der Waals surface area contributed by atoms with Crippen LogP contribution < -0.4 is 0 Å². The molecule has 0 atom stereocenters. The molecule has 0 fully saturated rings. The van der Waals surface area contributed by atoms with E-state index in [1.54, 1.807) is 12.1 Å². The van der Waals surface area contributed by atoms with Crippen LogP contribution in [-0.4, -0.2) is 10.2 Å². The van der Waals surface area contributed by atoms with E-state index in [0.717, 1.165) is 21.9 Å². The lowest BCUT2D eigenvalue weighted by atomic mass is 9.89. The van der Waals surface area contributed by atoms with E-state index in [-0.39, 0.29) is 11.5 Å². The van der Waals surface area contributed by atoms with Gasteiger partial charge in [-0.15, -0.1) is 0 Å². The van der Waals surface area contributed by atoms with Gasteiger partial charge in [0, 0.05) is 17.6 Å². The molecule has 2 heteroatoms. The van der Waals surface area contributed by atoms with Gasteiger partial charge in [0.05, 0.1) is 0 Å². The van der Waals surface area contributed by atoms with Crippen molar-refractivity contribution in [1.82, 2.24) is 0 Å². The van der Waals surface area contributed by atoms with Gasteiger partial charge >= 0.3 is 0 Å². The van der Waals surface area contributed by atoms with Gasteiger partial charge in [-0.1, -0.05) is 54.6 Å². The first-order valence-corrected chi connectivity index (χ1v) is 7.34. The molecule has 0 saturated carbocycles. The smallest absolute Gasteiger partial charge is 0.123 e. The molecule has 110 valence electrons. The average Bonchev–Trinajstić information content (AvgIpc) is 2.54. The molecule has 0 spiro atoms. The molecule has 0 bridgehead atoms. The van der Waals surface area contributed by atoms with E-state index in [1.807, 2.05) is 61.6 Å². The number of aromatic hydroxyl groups is 1. The molecule has 0 amide bonds. The molecule has 1 aliphatic rings. The Morgan fingerprint density at radius 3 is 2.64 bits per heavy atom. The normalized spacial score (nSPS) is 17.0. The van der Waals surface area contributed by atoms with Gasteiger partial charge in [-0.3, -0.25) is 0 Å². The highest BCUT2D eigenvalue weighted by atomic mass is 16.3. The minimum absolute atomic E-state index is 0.195. The molecule has 0 heterocycles. The van der Waals surface area contributed by atoms with Crippen molar-refractivity contribution >= 4 is 16.3 Å². The maximum Gasteiger partial charge on any atom is 0.123 e. The largest absolute Gasteiger partial charge is 0.508 e. The summed E-state index contributed by atoms with van der Waals surface area (Å²) in [6, 6.07) is 11.5. The number of hydrogen-bond acceptors (Lipinski definition) is 2. The molecule has 0 unspecified atom stereocenters. The van der Waals surface area contributed by atoms with E-state index in [1.165, 1.54) is 0 Å². The monoisotopic (exact) mass is 290 g/mol. The first-order valence-electron chi connectivity index (χ1n) is 7.34. The number of phenols is 1. The molecule has 3 rings (SSSR count). The topological polar surface area (TPSA) is 40.5 Å². The minimum atomic E-state index is 0.195. The van der Waals surface area contributed by atoms with E-state index in [4.69, 9.17) is 0 Å². The Morgan fingerprint density at radius 1 is 1.00 bits per heavy atom. The highest BCUT2D eigenvalue weighted by Crippen LogP contribution is 2.39. The first-order chi connectivity index (χ1) is 10.7. The van der Waals surface area contributed by atoms with Crippen LogP contribution in [0.25, 0.3) is 16.3 Å². The number of allylic oxidation sites excluding steroid dienone is 7. The third-order valence-electron chi connectivity index (χ3n) is 3.86. The molecule has 2 aromatic rings. The standard InChI is InChI=1S/C20H18O2/c1-2-3-6-14-9-11-18(21)17(13-14)20-16-8-5-4-7-15(16)10-12-19(20)22/h2-12,21-22H,13H2,1H3/b3-2-,14-6-. The SMILES string of the molecule is C/C=C\C=C1\C=CC(O)=C(c2c(O)ccc3ccccc23)C1. The van der Waals surface area contributed by atoms with Crippen LogP contribution in [0.3, 0.4) is 0 Å². The number of rotatable bonds is 2. The fourth-order valence-corrected chi connectivity index (χ4v) is 2.77. The zero-order valence-electron chi connectivity index (χ0n) is 12.5. The third-order valence-corrected chi connectivity index (χ3v) is 3.86. The fraction of sp³-hybridized carbons (Fsp3) is 0.100. The highest BCUT2D eigenvalue weighted by molar-refractivity contribution is 5.97. The molecule has 0 aliphatic heterocycles. The summed E-state index contributed by atoms with van der Waals surface area (Å²) in [5.74, 6) is 0.408. The fourth-order valence-electron chi connectivity index (χ4n) is 2.77. The van der Waals surface area contributed by atoms with Crippen LogP contribution in [0, 0.1) is 0 Å². The zero-order valence-corrected chi connectivity index (χ0v) is 12.5. The zero-order chi connectivity index (χ0) is 15.5. The van der Waals surface area contributed by atoms with Gasteiger partial charge < -0.3 is 10.2 Å². The van der Waals surface area contributed by atoms with Crippen LogP contribution in [0.5, 0.6) is 5.75 Å². The van der Waals surface area contributed by atoms with Crippen LogP contribution in [-0.2, 0) is 0 Å². The summed E-state index contributed by atoms with van der Waals surface area (Å²) in [5.41, 5.74) is 2.57. The Labute approximate surface area is 130 Å². The van der Waals surface area contributed by atoms with Crippen molar-refractivity contribution in [2.24, 2.45) is 0 Å². The number of fused-ring (bicyclic) bond motifs is 1. The lowest BCUT2D eigenvalue weighted by molar-refractivity contribution is 0.431. The van der Waals surface area contributed by atoms with E-state index >= 15 is 0 Å². The predicted molar refractivity (Wildman–Crippen MR) is 91.8 cm³/mol. The van der Waals surface area contributed by atoms with Gasteiger partial charge in [-0.2, -0.15) is 0 Å². The number of aliphatic hydroxyl groups is 1. The molecular weight excluding hydrogens is 272 g/mol. The molecule has 0 saturated heterocycles. The van der Waals surface area contributed by atoms with E-state index < -0.39 is 0 Å². The maximum atomic E-state index is 10.3. The average molecular weight is 290 g/mol. The van der Waals surface area contributed by atoms with E-state index in [9.17, 15) is 10.2 Å². The summed E-state index contributed by atoms with van der Waals surface area (Å²) in [5, 5.41) is 22.6. The third kappa shape index (κ3) is 2.56. The maximum absolute atomic E-state index is 10.3. The Bertz CT molecular complexity index is 836. The van der Waals surface area contributed by atoms with Gasteiger partial charge in [0.2, 0.25) is 0 Å². The Morgan fingerprint density at radius 2 is 1.82 bits per heavy atom. The van der Waals surface area contributed by atoms with Crippen LogP contribution >= 0.6 is 0 Å². The van der Waals surface area contributed by atoms with Gasteiger partial charge in [-0.25, -0.2) is 0 Å². The number of benzene rings is 2. The van der Waals surface area contributed by atoms with Crippen molar-refractivity contribution in [3.05, 3.63) is 83.7 Å². The second-order valence-electron chi connectivity index (χ2n) is 5.32. The number of hydrogen-bond donors (Lipinski definition) is 2. The predicted octanol–water partition coefficient (Wildman–Crippen LogP) is 5.28. The summed E-state index contributed by atoms with van der Waals surface area (Å²) in [4.78, 5) is 0. The molecule has 2 nitrogen and oxygen atoms in total. The van der Waals surface area contributed by atoms with Crippen LogP contribution in [0.2, 0.25) is 0 Å². The van der Waals surface area contributed by atoms with Crippen molar-refractivity contribution in [3.63, 3.8) is 0 Å². The molecular formula is C20H18O2. The van der Waals surface area contributed by atoms with Crippen molar-refractivity contribution in [1.29, 1.82) is 0 Å². The molecule has 22 heavy (non-hydrogen) atoms. The Balaban J connectivity index is 2.18. The Kier molecular flexibility index (Phi) is 3.84. The molecule has 0 aromatic heterocycles. The van der Waals surface area contributed by atoms with Crippen LogP contribution in [0.15, 0.2) is 78.1 Å². The summed E-state index contributed by atoms with van der Waals surface area (Å²) in [6.07, 6.45) is 10.1. The van der Waals surface area contributed by atoms with Crippen molar-refractivity contribution in [2.75, 3.05) is 0 Å². The molecule has 2 N–H and O–H groups in total. The highest BCUT2D eigenvalue weighted by Gasteiger charge is 2.18. The van der Waals surface area contributed by atoms with Gasteiger partial charge in [0.25, 0.3) is 0 Å². The molecule has 0 radical (unpaired) electrons. The van der Waals surface area contributed by atoms with Gasteiger partial charge in [0.1, 0.15) is 11.5 Å². The second-order valence-corrected chi connectivity index (χ2v) is 5.32. The van der Waals surface area contributed by atoms with Crippen molar-refractivity contribution in [2.45, 2.75) is 13.3 Å². The molecule has 1 aliphatic carbocycles. The van der Waals surface area contributed by atoms with Crippen LogP contribution in [0.4, 0.5) is 0 Å². The summed E-state index contributed by atoms with van der Waals surface area (Å²) in [6.45, 7) is 1.97. The van der Waals surface area contributed by atoms with Gasteiger partial charge in [0.15, 0.2) is 0 Å². The Hall–Kier alpha value is -2.74. The minimum Gasteiger partial charge on any atom is -0.508 e. The number of phenolic OH excluding ortho intramolecular Hbond substituents is 1. The first kappa shape index (κ1) is 14.2. The van der Waals surface area contributed by atoms with E-state index in [0.29, 0.717) is 12.0 Å². The summed E-state index contributed by atoms with van der Waals surface area (Å²) >= 11 is 0.